The van der Waals surface area contributed by atoms with Crippen LogP contribution in [0.15, 0.2) is 61.1 Å². The molecule has 3 rings (SSSR count). The first-order chi connectivity index (χ1) is 12.9. The summed E-state index contributed by atoms with van der Waals surface area (Å²) in [6.45, 7) is 0.448. The van der Waals surface area contributed by atoms with Crippen LogP contribution in [0.1, 0.15) is 33.1 Å². The fraction of sp³-hybridized carbons (Fsp3) is 0.158. The summed E-state index contributed by atoms with van der Waals surface area (Å²) in [6, 6.07) is 13.1. The molecule has 1 atom stereocenters. The SMILES string of the molecule is N#CC(C(=O)c1cnn(Cc2ccccc2)c1)c1ccc(C(F)(F)F)cn1. The third-order valence-electron chi connectivity index (χ3n) is 3.91. The van der Waals surface area contributed by atoms with E-state index in [2.05, 4.69) is 10.1 Å². The molecule has 0 saturated heterocycles. The summed E-state index contributed by atoms with van der Waals surface area (Å²) >= 11 is 0. The summed E-state index contributed by atoms with van der Waals surface area (Å²) in [6.07, 6.45) is -1.08. The molecule has 0 spiro atoms. The predicted octanol–water partition coefficient (Wildman–Crippen LogP) is 3.84. The highest BCUT2D eigenvalue weighted by molar-refractivity contribution is 6.02. The van der Waals surface area contributed by atoms with Crippen LogP contribution in [-0.2, 0) is 12.7 Å². The van der Waals surface area contributed by atoms with E-state index in [-0.39, 0.29) is 11.3 Å². The molecule has 1 aromatic carbocycles. The van der Waals surface area contributed by atoms with E-state index in [1.54, 1.807) is 10.8 Å². The van der Waals surface area contributed by atoms with E-state index >= 15 is 0 Å². The molecule has 0 radical (unpaired) electrons. The summed E-state index contributed by atoms with van der Waals surface area (Å²) in [5.74, 6) is -1.87. The number of pyridine rings is 1. The van der Waals surface area contributed by atoms with E-state index in [9.17, 15) is 23.2 Å². The van der Waals surface area contributed by atoms with Crippen molar-refractivity contribution in [3.8, 4) is 6.07 Å². The second kappa shape index (κ2) is 7.41. The number of ketones is 1. The Bertz CT molecular complexity index is 973. The average Bonchev–Trinajstić information content (AvgIpc) is 3.11. The standard InChI is InChI=1S/C19H13F3N4O/c20-19(21,22)15-6-7-17(24-10-15)16(8-23)18(27)14-9-25-26(12-14)11-13-4-2-1-3-5-13/h1-7,9-10,12,16H,11H2. The molecule has 5 nitrogen and oxygen atoms in total. The molecule has 0 aliphatic heterocycles. The van der Waals surface area contributed by atoms with Crippen LogP contribution in [0.25, 0.3) is 0 Å². The van der Waals surface area contributed by atoms with Crippen LogP contribution >= 0.6 is 0 Å². The molecule has 27 heavy (non-hydrogen) atoms. The Balaban J connectivity index is 1.78. The molecule has 0 fully saturated rings. The van der Waals surface area contributed by atoms with Gasteiger partial charge in [-0.2, -0.15) is 23.5 Å². The van der Waals surface area contributed by atoms with E-state index in [0.717, 1.165) is 17.7 Å². The number of aromatic nitrogens is 3. The van der Waals surface area contributed by atoms with Gasteiger partial charge < -0.3 is 0 Å². The molecule has 1 unspecified atom stereocenters. The minimum Gasteiger partial charge on any atom is -0.292 e. The molecule has 0 saturated carbocycles. The number of benzene rings is 1. The van der Waals surface area contributed by atoms with Gasteiger partial charge in [0.15, 0.2) is 11.7 Å². The first-order valence-electron chi connectivity index (χ1n) is 7.92. The van der Waals surface area contributed by atoms with Crippen molar-refractivity contribution in [2.24, 2.45) is 0 Å². The van der Waals surface area contributed by atoms with Crippen LogP contribution in [0.3, 0.4) is 0 Å². The van der Waals surface area contributed by atoms with Crippen LogP contribution in [0.2, 0.25) is 0 Å². The van der Waals surface area contributed by atoms with Gasteiger partial charge in [0.05, 0.1) is 35.6 Å². The Morgan fingerprint density at radius 2 is 1.89 bits per heavy atom. The van der Waals surface area contributed by atoms with Crippen molar-refractivity contribution in [3.63, 3.8) is 0 Å². The van der Waals surface area contributed by atoms with E-state index in [4.69, 9.17) is 0 Å². The van der Waals surface area contributed by atoms with Crippen LogP contribution in [0, 0.1) is 11.3 Å². The highest BCUT2D eigenvalue weighted by Crippen LogP contribution is 2.29. The lowest BCUT2D eigenvalue weighted by Gasteiger charge is -2.09. The summed E-state index contributed by atoms with van der Waals surface area (Å²) in [4.78, 5) is 16.2. The minimum atomic E-state index is -4.53. The monoisotopic (exact) mass is 370 g/mol. The maximum Gasteiger partial charge on any atom is 0.417 e. The number of nitrogens with zero attached hydrogens (tertiary/aromatic N) is 4. The van der Waals surface area contributed by atoms with Gasteiger partial charge in [0.1, 0.15) is 0 Å². The summed E-state index contributed by atoms with van der Waals surface area (Å²) < 4.78 is 39.4. The Morgan fingerprint density at radius 1 is 1.15 bits per heavy atom. The Kier molecular flexibility index (Phi) is 5.03. The first kappa shape index (κ1) is 18.3. The highest BCUT2D eigenvalue weighted by atomic mass is 19.4. The van der Waals surface area contributed by atoms with Crippen molar-refractivity contribution in [2.75, 3.05) is 0 Å². The van der Waals surface area contributed by atoms with E-state index in [1.165, 1.54) is 12.4 Å². The fourth-order valence-electron chi connectivity index (χ4n) is 2.52. The molecule has 0 bridgehead atoms. The smallest absolute Gasteiger partial charge is 0.292 e. The molecule has 0 N–H and O–H groups in total. The topological polar surface area (TPSA) is 71.6 Å². The van der Waals surface area contributed by atoms with Gasteiger partial charge in [-0.15, -0.1) is 0 Å². The summed E-state index contributed by atoms with van der Waals surface area (Å²) in [5.41, 5.74) is 0.206. The predicted molar refractivity (Wildman–Crippen MR) is 89.7 cm³/mol. The largest absolute Gasteiger partial charge is 0.417 e. The number of carbonyl (C=O) groups is 1. The third kappa shape index (κ3) is 4.20. The van der Waals surface area contributed by atoms with E-state index in [0.29, 0.717) is 12.7 Å². The van der Waals surface area contributed by atoms with Crippen LogP contribution in [0.4, 0.5) is 13.2 Å². The lowest BCUT2D eigenvalue weighted by molar-refractivity contribution is -0.137. The number of halogens is 3. The molecular formula is C19H13F3N4O. The van der Waals surface area contributed by atoms with Gasteiger partial charge in [-0.25, -0.2) is 0 Å². The maximum absolute atomic E-state index is 12.6. The number of hydrogen-bond acceptors (Lipinski definition) is 4. The van der Waals surface area contributed by atoms with E-state index < -0.39 is 23.4 Å². The molecule has 136 valence electrons. The molecule has 2 aromatic heterocycles. The zero-order valence-corrected chi connectivity index (χ0v) is 13.9. The van der Waals surface area contributed by atoms with Gasteiger partial charge in [-0.1, -0.05) is 30.3 Å². The van der Waals surface area contributed by atoms with Crippen molar-refractivity contribution in [1.29, 1.82) is 5.26 Å². The third-order valence-corrected chi connectivity index (χ3v) is 3.91. The number of rotatable bonds is 5. The second-order valence-electron chi connectivity index (χ2n) is 5.81. The van der Waals surface area contributed by atoms with Crippen molar-refractivity contribution in [3.05, 3.63) is 83.4 Å². The van der Waals surface area contributed by atoms with Gasteiger partial charge >= 0.3 is 6.18 Å². The molecule has 0 amide bonds. The molecule has 0 aliphatic rings. The number of hydrogen-bond donors (Lipinski definition) is 0. The van der Waals surface area contributed by atoms with Crippen LogP contribution < -0.4 is 0 Å². The van der Waals surface area contributed by atoms with Gasteiger partial charge in [0, 0.05) is 12.4 Å². The number of carbonyl (C=O) groups excluding carboxylic acids is 1. The molecule has 3 aromatic rings. The van der Waals surface area contributed by atoms with Crippen molar-refractivity contribution in [2.45, 2.75) is 18.6 Å². The number of Topliss-reactive ketones (excluding diaryl/α,β-unsaturated/α-hetero) is 1. The lowest BCUT2D eigenvalue weighted by Crippen LogP contribution is -2.13. The van der Waals surface area contributed by atoms with Crippen LogP contribution in [-0.4, -0.2) is 20.5 Å². The quantitative estimate of drug-likeness (QED) is 0.640. The molecule has 0 aliphatic carbocycles. The van der Waals surface area contributed by atoms with Crippen molar-refractivity contribution >= 4 is 5.78 Å². The highest BCUT2D eigenvalue weighted by Gasteiger charge is 2.32. The Morgan fingerprint density at radius 3 is 2.48 bits per heavy atom. The Hall–Kier alpha value is -3.47. The van der Waals surface area contributed by atoms with Gasteiger partial charge in [-0.05, 0) is 17.7 Å². The van der Waals surface area contributed by atoms with Crippen molar-refractivity contribution in [1.82, 2.24) is 14.8 Å². The first-order valence-corrected chi connectivity index (χ1v) is 7.92. The number of nitriles is 1. The maximum atomic E-state index is 12.6. The minimum absolute atomic E-state index is 0.0358. The summed E-state index contributed by atoms with van der Waals surface area (Å²) in [7, 11) is 0. The van der Waals surface area contributed by atoms with Gasteiger partial charge in [0.25, 0.3) is 0 Å². The zero-order valence-electron chi connectivity index (χ0n) is 13.9. The molecular weight excluding hydrogens is 357 g/mol. The molecule has 2 heterocycles. The van der Waals surface area contributed by atoms with E-state index in [1.807, 2.05) is 30.3 Å². The normalized spacial score (nSPS) is 12.4. The number of alkyl halides is 3. The zero-order chi connectivity index (χ0) is 19.4. The second-order valence-corrected chi connectivity index (χ2v) is 5.81. The average molecular weight is 370 g/mol. The summed E-state index contributed by atoms with van der Waals surface area (Å²) in [5, 5.41) is 13.4. The van der Waals surface area contributed by atoms with Crippen molar-refractivity contribution < 1.29 is 18.0 Å². The Labute approximate surface area is 152 Å². The van der Waals surface area contributed by atoms with Gasteiger partial charge in [-0.3, -0.25) is 14.5 Å². The fourth-order valence-corrected chi connectivity index (χ4v) is 2.52. The lowest BCUT2D eigenvalue weighted by atomic mass is 9.97. The van der Waals surface area contributed by atoms with Crippen LogP contribution in [0.5, 0.6) is 0 Å². The van der Waals surface area contributed by atoms with Gasteiger partial charge in [0.2, 0.25) is 0 Å². The molecule has 8 heteroatoms.